The van der Waals surface area contributed by atoms with Crippen LogP contribution in [-0.2, 0) is 22.6 Å². The number of esters is 1. The first-order chi connectivity index (χ1) is 11.6. The second-order valence-electron chi connectivity index (χ2n) is 5.51. The fourth-order valence-corrected chi connectivity index (χ4v) is 3.33. The van der Waals surface area contributed by atoms with E-state index in [-0.39, 0.29) is 12.2 Å². The van der Waals surface area contributed by atoms with Gasteiger partial charge in [0.15, 0.2) is 0 Å². The summed E-state index contributed by atoms with van der Waals surface area (Å²) in [5.74, 6) is -0.451. The van der Waals surface area contributed by atoms with Crippen LogP contribution in [0.5, 0.6) is 0 Å². The van der Waals surface area contributed by atoms with Crippen molar-refractivity contribution in [1.29, 1.82) is 0 Å². The first-order valence-electron chi connectivity index (χ1n) is 7.80. The minimum absolute atomic E-state index is 0.187. The molecule has 0 unspecified atom stereocenters. The lowest BCUT2D eigenvalue weighted by molar-refractivity contribution is -0.148. The van der Waals surface area contributed by atoms with Crippen LogP contribution in [0.3, 0.4) is 0 Å². The molecule has 0 bridgehead atoms. The highest BCUT2D eigenvalue weighted by atomic mass is 32.1. The van der Waals surface area contributed by atoms with Gasteiger partial charge in [-0.1, -0.05) is 37.3 Å². The van der Waals surface area contributed by atoms with E-state index in [2.05, 4.69) is 4.98 Å². The summed E-state index contributed by atoms with van der Waals surface area (Å²) in [5, 5.41) is 0.557. The highest BCUT2D eigenvalue weighted by Gasteiger charge is 2.20. The van der Waals surface area contributed by atoms with Gasteiger partial charge in [-0.05, 0) is 25.0 Å². The van der Waals surface area contributed by atoms with Gasteiger partial charge in [-0.2, -0.15) is 0 Å². The van der Waals surface area contributed by atoms with Gasteiger partial charge < -0.3 is 4.74 Å². The van der Waals surface area contributed by atoms with E-state index >= 15 is 0 Å². The molecule has 0 aliphatic carbocycles. The average Bonchev–Trinajstić information content (AvgIpc) is 3.04. The molecule has 1 atom stereocenters. The van der Waals surface area contributed by atoms with Crippen molar-refractivity contribution in [1.82, 2.24) is 9.55 Å². The van der Waals surface area contributed by atoms with E-state index < -0.39 is 12.0 Å². The molecule has 0 amide bonds. The smallest absolute Gasteiger partial charge is 0.329 e. The first kappa shape index (κ1) is 16.4. The quantitative estimate of drug-likeness (QED) is 0.667. The Labute approximate surface area is 143 Å². The highest BCUT2D eigenvalue weighted by Crippen LogP contribution is 2.21. The molecule has 0 saturated heterocycles. The molecule has 5 nitrogen and oxygen atoms in total. The number of rotatable bonds is 5. The summed E-state index contributed by atoms with van der Waals surface area (Å²) < 4.78 is 6.65. The Morgan fingerprint density at radius 3 is 2.79 bits per heavy atom. The molecule has 6 heteroatoms. The van der Waals surface area contributed by atoms with Gasteiger partial charge in [-0.3, -0.25) is 9.36 Å². The Bertz CT molecular complexity index is 915. The minimum atomic E-state index is -0.719. The van der Waals surface area contributed by atoms with Crippen LogP contribution in [0.4, 0.5) is 0 Å². The van der Waals surface area contributed by atoms with Gasteiger partial charge in [0.05, 0.1) is 11.7 Å². The van der Waals surface area contributed by atoms with Crippen molar-refractivity contribution < 1.29 is 9.53 Å². The number of thiophene rings is 1. The number of carbonyl (C=O) groups excluding carboxylic acids is 1. The lowest BCUT2D eigenvalue weighted by Gasteiger charge is -2.14. The van der Waals surface area contributed by atoms with Crippen molar-refractivity contribution in [3.63, 3.8) is 0 Å². The maximum absolute atomic E-state index is 12.6. The van der Waals surface area contributed by atoms with Gasteiger partial charge in [0.25, 0.3) is 5.56 Å². The third-order valence-corrected chi connectivity index (χ3v) is 5.05. The summed E-state index contributed by atoms with van der Waals surface area (Å²) in [6.07, 6.45) is 2.28. The zero-order chi connectivity index (χ0) is 17.1. The molecule has 3 aromatic rings. The second kappa shape index (κ2) is 6.97. The molecule has 2 heterocycles. The predicted octanol–water partition coefficient (Wildman–Crippen LogP) is 3.32. The Kier molecular flexibility index (Phi) is 4.76. The second-order valence-corrected chi connectivity index (χ2v) is 6.63. The van der Waals surface area contributed by atoms with E-state index in [0.29, 0.717) is 10.2 Å². The highest BCUT2D eigenvalue weighted by molar-refractivity contribution is 7.18. The largest absolute Gasteiger partial charge is 0.459 e. The standard InChI is InChI=1S/C18H18N2O3S/c1-3-14-9-15-16(24-14)19-11-20(17(15)21)12(2)18(22)23-10-13-7-5-4-6-8-13/h4-9,11-12H,3,10H2,1-2H3/t12-/m1/s1. The van der Waals surface area contributed by atoms with Crippen LogP contribution in [0.25, 0.3) is 10.2 Å². The molecule has 2 aromatic heterocycles. The average molecular weight is 342 g/mol. The van der Waals surface area contributed by atoms with E-state index in [1.165, 1.54) is 22.2 Å². The van der Waals surface area contributed by atoms with Crippen LogP contribution in [0, 0.1) is 0 Å². The van der Waals surface area contributed by atoms with Gasteiger partial charge in [-0.25, -0.2) is 9.78 Å². The number of aromatic nitrogens is 2. The molecule has 124 valence electrons. The van der Waals surface area contributed by atoms with Gasteiger partial charge in [-0.15, -0.1) is 11.3 Å². The lowest BCUT2D eigenvalue weighted by Crippen LogP contribution is -2.29. The van der Waals surface area contributed by atoms with E-state index in [4.69, 9.17) is 4.74 Å². The molecule has 0 spiro atoms. The zero-order valence-electron chi connectivity index (χ0n) is 13.6. The fraction of sp³-hybridized carbons (Fsp3) is 0.278. The SMILES string of the molecule is CCc1cc2c(=O)n([C@H](C)C(=O)OCc3ccccc3)cnc2s1. The van der Waals surface area contributed by atoms with Crippen molar-refractivity contribution in [3.05, 3.63) is 63.5 Å². The first-order valence-corrected chi connectivity index (χ1v) is 8.62. The topological polar surface area (TPSA) is 61.2 Å². The number of ether oxygens (including phenoxy) is 1. The van der Waals surface area contributed by atoms with Crippen LogP contribution in [0.2, 0.25) is 0 Å². The number of benzene rings is 1. The summed E-state index contributed by atoms with van der Waals surface area (Å²) in [5.41, 5.74) is 0.699. The maximum Gasteiger partial charge on any atom is 0.329 e. The van der Waals surface area contributed by atoms with Gasteiger partial charge in [0.2, 0.25) is 0 Å². The van der Waals surface area contributed by atoms with Gasteiger partial charge in [0, 0.05) is 4.88 Å². The summed E-state index contributed by atoms with van der Waals surface area (Å²) in [4.78, 5) is 31.0. The third kappa shape index (κ3) is 3.23. The molecule has 3 rings (SSSR count). The molecule has 0 saturated carbocycles. The molecule has 0 radical (unpaired) electrons. The predicted molar refractivity (Wildman–Crippen MR) is 94.2 cm³/mol. The van der Waals surface area contributed by atoms with E-state index in [1.807, 2.05) is 43.3 Å². The Balaban J connectivity index is 1.80. The van der Waals surface area contributed by atoms with Crippen molar-refractivity contribution in [2.75, 3.05) is 0 Å². The summed E-state index contributed by atoms with van der Waals surface area (Å²) in [7, 11) is 0. The number of carbonyl (C=O) groups is 1. The third-order valence-electron chi connectivity index (χ3n) is 3.86. The van der Waals surface area contributed by atoms with E-state index in [0.717, 1.165) is 16.9 Å². The number of hydrogen-bond donors (Lipinski definition) is 0. The Hall–Kier alpha value is -2.47. The molecular weight excluding hydrogens is 324 g/mol. The lowest BCUT2D eigenvalue weighted by atomic mass is 10.2. The fourth-order valence-electron chi connectivity index (χ4n) is 2.40. The number of nitrogens with zero attached hydrogens (tertiary/aromatic N) is 2. The summed E-state index contributed by atoms with van der Waals surface area (Å²) in [6, 6.07) is 10.6. The molecule has 24 heavy (non-hydrogen) atoms. The van der Waals surface area contributed by atoms with Crippen molar-refractivity contribution in [3.8, 4) is 0 Å². The van der Waals surface area contributed by atoms with Crippen LogP contribution in [-0.4, -0.2) is 15.5 Å². The van der Waals surface area contributed by atoms with Crippen LogP contribution < -0.4 is 5.56 Å². The molecule has 0 N–H and O–H groups in total. The monoisotopic (exact) mass is 342 g/mol. The molecule has 0 fully saturated rings. The maximum atomic E-state index is 12.6. The van der Waals surface area contributed by atoms with Gasteiger partial charge in [0.1, 0.15) is 17.5 Å². The van der Waals surface area contributed by atoms with Gasteiger partial charge >= 0.3 is 5.97 Å². The number of hydrogen-bond acceptors (Lipinski definition) is 5. The van der Waals surface area contributed by atoms with E-state index in [1.54, 1.807) is 6.92 Å². The van der Waals surface area contributed by atoms with E-state index in [9.17, 15) is 9.59 Å². The normalized spacial score (nSPS) is 12.2. The number of aryl methyl sites for hydroxylation is 1. The number of fused-ring (bicyclic) bond motifs is 1. The zero-order valence-corrected chi connectivity index (χ0v) is 14.4. The van der Waals surface area contributed by atoms with Crippen LogP contribution in [0.15, 0.2) is 47.5 Å². The van der Waals surface area contributed by atoms with Crippen LogP contribution in [0.1, 0.15) is 30.3 Å². The Morgan fingerprint density at radius 1 is 1.33 bits per heavy atom. The summed E-state index contributed by atoms with van der Waals surface area (Å²) >= 11 is 1.51. The Morgan fingerprint density at radius 2 is 2.08 bits per heavy atom. The van der Waals surface area contributed by atoms with Crippen LogP contribution >= 0.6 is 11.3 Å². The van der Waals surface area contributed by atoms with Crippen molar-refractivity contribution in [2.24, 2.45) is 0 Å². The van der Waals surface area contributed by atoms with Crippen molar-refractivity contribution >= 4 is 27.5 Å². The molecular formula is C18H18N2O3S. The molecule has 0 aliphatic rings. The molecule has 1 aromatic carbocycles. The van der Waals surface area contributed by atoms with Crippen molar-refractivity contribution in [2.45, 2.75) is 32.9 Å². The molecule has 0 aliphatic heterocycles. The summed E-state index contributed by atoms with van der Waals surface area (Å²) in [6.45, 7) is 3.87. The minimum Gasteiger partial charge on any atom is -0.459 e.